The van der Waals surface area contributed by atoms with Gasteiger partial charge in [0.15, 0.2) is 0 Å². The van der Waals surface area contributed by atoms with E-state index in [2.05, 4.69) is 9.62 Å². The molecule has 1 N–H and O–H groups in total. The highest BCUT2D eigenvalue weighted by Crippen LogP contribution is 2.34. The molecule has 5 nitrogen and oxygen atoms in total. The topological polar surface area (TPSA) is 58.6 Å². The van der Waals surface area contributed by atoms with Crippen molar-refractivity contribution in [3.8, 4) is 0 Å². The smallest absolute Gasteiger partial charge is 0.241 e. The van der Waals surface area contributed by atoms with Crippen molar-refractivity contribution in [3.05, 3.63) is 15.8 Å². The molecule has 2 saturated heterocycles. The van der Waals surface area contributed by atoms with Gasteiger partial charge in [0, 0.05) is 40.7 Å². The van der Waals surface area contributed by atoms with Gasteiger partial charge in [-0.3, -0.25) is 4.90 Å². The van der Waals surface area contributed by atoms with Gasteiger partial charge < -0.3 is 4.74 Å². The Kier molecular flexibility index (Phi) is 5.40. The molecule has 1 aromatic rings. The van der Waals surface area contributed by atoms with Gasteiger partial charge in [0.1, 0.15) is 0 Å². The Bertz CT molecular complexity index is 645. The van der Waals surface area contributed by atoms with Crippen molar-refractivity contribution >= 4 is 33.1 Å². The predicted molar refractivity (Wildman–Crippen MR) is 96.0 cm³/mol. The summed E-state index contributed by atoms with van der Waals surface area (Å²) in [4.78, 5) is 4.74. The first-order valence-electron chi connectivity index (χ1n) is 7.90. The number of aryl methyl sites for hydroxylation is 2. The van der Waals surface area contributed by atoms with E-state index in [4.69, 9.17) is 4.74 Å². The highest BCUT2D eigenvalue weighted by atomic mass is 32.2. The second kappa shape index (κ2) is 7.01. The number of hydrogen-bond acceptors (Lipinski definition) is 6. The number of hydrogen-bond donors (Lipinski definition) is 1. The minimum atomic E-state index is -3.44. The van der Waals surface area contributed by atoms with Crippen molar-refractivity contribution in [1.82, 2.24) is 9.62 Å². The number of rotatable bonds is 5. The lowest BCUT2D eigenvalue weighted by Gasteiger charge is -2.43. The number of sulfonamides is 1. The molecule has 2 fully saturated rings. The van der Waals surface area contributed by atoms with Crippen LogP contribution < -0.4 is 4.72 Å². The molecule has 0 amide bonds. The monoisotopic (exact) mass is 376 g/mol. The molecule has 8 heteroatoms. The molecule has 2 aliphatic heterocycles. The summed E-state index contributed by atoms with van der Waals surface area (Å²) in [6.07, 6.45) is 1.03. The van der Waals surface area contributed by atoms with E-state index < -0.39 is 10.0 Å². The number of ether oxygens (including phenoxy) is 1. The quantitative estimate of drug-likeness (QED) is 0.850. The van der Waals surface area contributed by atoms with Crippen molar-refractivity contribution < 1.29 is 13.2 Å². The van der Waals surface area contributed by atoms with Crippen molar-refractivity contribution in [2.75, 3.05) is 44.4 Å². The third kappa shape index (κ3) is 3.77. The second-order valence-electron chi connectivity index (χ2n) is 6.23. The molecule has 2 aliphatic rings. The Morgan fingerprint density at radius 3 is 2.65 bits per heavy atom. The first kappa shape index (κ1) is 17.7. The van der Waals surface area contributed by atoms with E-state index in [1.54, 1.807) is 6.07 Å². The van der Waals surface area contributed by atoms with Crippen LogP contribution in [0, 0.1) is 13.8 Å². The molecule has 0 spiro atoms. The van der Waals surface area contributed by atoms with Gasteiger partial charge in [-0.25, -0.2) is 13.1 Å². The van der Waals surface area contributed by atoms with Gasteiger partial charge in [0.05, 0.1) is 18.1 Å². The number of thiophene rings is 1. The zero-order valence-corrected chi connectivity index (χ0v) is 16.1. The summed E-state index contributed by atoms with van der Waals surface area (Å²) < 4.78 is 33.7. The Labute approximate surface area is 146 Å². The number of thioether (sulfide) groups is 1. The van der Waals surface area contributed by atoms with Gasteiger partial charge in [-0.15, -0.1) is 11.3 Å². The maximum atomic E-state index is 12.7. The molecule has 3 rings (SSSR count). The van der Waals surface area contributed by atoms with Gasteiger partial charge in [0.25, 0.3) is 0 Å². The number of nitrogens with zero attached hydrogens (tertiary/aromatic N) is 1. The van der Waals surface area contributed by atoms with E-state index in [-0.39, 0.29) is 5.54 Å². The van der Waals surface area contributed by atoms with Crippen molar-refractivity contribution in [1.29, 1.82) is 0 Å². The fraction of sp³-hybridized carbons (Fsp3) is 0.733. The van der Waals surface area contributed by atoms with Crippen LogP contribution in [-0.4, -0.2) is 63.2 Å². The third-order valence-corrected chi connectivity index (χ3v) is 8.50. The summed E-state index contributed by atoms with van der Waals surface area (Å²) in [6.45, 7) is 7.55. The second-order valence-corrected chi connectivity index (χ2v) is 10.5. The lowest BCUT2D eigenvalue weighted by atomic mass is 9.96. The fourth-order valence-corrected chi connectivity index (χ4v) is 7.47. The van der Waals surface area contributed by atoms with Gasteiger partial charge in [-0.05, 0) is 32.1 Å². The van der Waals surface area contributed by atoms with E-state index >= 15 is 0 Å². The van der Waals surface area contributed by atoms with E-state index in [0.29, 0.717) is 11.4 Å². The molecule has 0 saturated carbocycles. The molecule has 130 valence electrons. The van der Waals surface area contributed by atoms with E-state index in [9.17, 15) is 8.42 Å². The molecular formula is C15H24N2O3S3. The molecule has 1 atom stereocenters. The molecule has 23 heavy (non-hydrogen) atoms. The first-order chi connectivity index (χ1) is 10.9. The van der Waals surface area contributed by atoms with Crippen molar-refractivity contribution in [2.45, 2.75) is 30.7 Å². The molecule has 1 aromatic heterocycles. The lowest BCUT2D eigenvalue weighted by Crippen LogP contribution is -2.59. The van der Waals surface area contributed by atoms with Crippen LogP contribution in [0.4, 0.5) is 0 Å². The average Bonchev–Trinajstić information content (AvgIpc) is 3.14. The Morgan fingerprint density at radius 2 is 2.09 bits per heavy atom. The van der Waals surface area contributed by atoms with Crippen LogP contribution >= 0.6 is 23.1 Å². The summed E-state index contributed by atoms with van der Waals surface area (Å²) >= 11 is 3.44. The van der Waals surface area contributed by atoms with Gasteiger partial charge in [0.2, 0.25) is 10.0 Å². The van der Waals surface area contributed by atoms with Crippen LogP contribution in [0.15, 0.2) is 11.0 Å². The Balaban J connectivity index is 1.75. The van der Waals surface area contributed by atoms with Crippen LogP contribution in [0.25, 0.3) is 0 Å². The minimum Gasteiger partial charge on any atom is -0.379 e. The highest BCUT2D eigenvalue weighted by molar-refractivity contribution is 7.99. The summed E-state index contributed by atoms with van der Waals surface area (Å²) in [7, 11) is -3.44. The molecule has 1 unspecified atom stereocenters. The summed E-state index contributed by atoms with van der Waals surface area (Å²) in [5.74, 6) is 2.08. The Morgan fingerprint density at radius 1 is 1.35 bits per heavy atom. The SMILES string of the molecule is Cc1cc(S(=O)(=O)NCC2(N3CCOCC3)CCSC2)c(C)s1. The first-order valence-corrected chi connectivity index (χ1v) is 11.4. The molecule has 0 radical (unpaired) electrons. The van der Waals surface area contributed by atoms with Gasteiger partial charge >= 0.3 is 0 Å². The van der Waals surface area contributed by atoms with Gasteiger partial charge in [-0.2, -0.15) is 11.8 Å². The largest absolute Gasteiger partial charge is 0.379 e. The molecular weight excluding hydrogens is 352 g/mol. The van der Waals surface area contributed by atoms with Crippen molar-refractivity contribution in [3.63, 3.8) is 0 Å². The van der Waals surface area contributed by atoms with Crippen molar-refractivity contribution in [2.24, 2.45) is 0 Å². The van der Waals surface area contributed by atoms with Crippen LogP contribution in [0.5, 0.6) is 0 Å². The van der Waals surface area contributed by atoms with Crippen LogP contribution in [0.1, 0.15) is 16.2 Å². The summed E-state index contributed by atoms with van der Waals surface area (Å²) in [5, 5.41) is 0. The van der Waals surface area contributed by atoms with Crippen LogP contribution in [0.2, 0.25) is 0 Å². The predicted octanol–water partition coefficient (Wildman–Crippen LogP) is 1.85. The minimum absolute atomic E-state index is 0.0690. The molecule has 0 aromatic carbocycles. The van der Waals surface area contributed by atoms with E-state index in [0.717, 1.165) is 54.0 Å². The van der Waals surface area contributed by atoms with Gasteiger partial charge in [-0.1, -0.05) is 0 Å². The number of morpholine rings is 1. The standard InChI is InChI=1S/C15H24N2O3S3/c1-12-9-14(13(2)22-12)23(18,19)16-10-15(3-8-21-11-15)17-4-6-20-7-5-17/h9,16H,3-8,10-11H2,1-2H3. The molecule has 0 aliphatic carbocycles. The van der Waals surface area contributed by atoms with E-state index in [1.165, 1.54) is 11.3 Å². The summed E-state index contributed by atoms with van der Waals surface area (Å²) in [5.41, 5.74) is -0.0690. The summed E-state index contributed by atoms with van der Waals surface area (Å²) in [6, 6.07) is 1.77. The van der Waals surface area contributed by atoms with Crippen LogP contribution in [-0.2, 0) is 14.8 Å². The van der Waals surface area contributed by atoms with E-state index in [1.807, 2.05) is 25.6 Å². The molecule has 0 bridgehead atoms. The fourth-order valence-electron chi connectivity index (χ4n) is 3.32. The average molecular weight is 377 g/mol. The zero-order valence-electron chi connectivity index (χ0n) is 13.6. The third-order valence-electron chi connectivity index (χ3n) is 4.64. The number of nitrogens with one attached hydrogen (secondary N) is 1. The molecule has 3 heterocycles. The maximum Gasteiger partial charge on any atom is 0.241 e. The highest BCUT2D eigenvalue weighted by Gasteiger charge is 2.41. The zero-order chi connectivity index (χ0) is 16.5. The normalized spacial score (nSPS) is 26.7. The van der Waals surface area contributed by atoms with Crippen LogP contribution in [0.3, 0.4) is 0 Å². The maximum absolute atomic E-state index is 12.7. The Hall–Kier alpha value is -0.120. The lowest BCUT2D eigenvalue weighted by molar-refractivity contribution is -0.0117.